The predicted molar refractivity (Wildman–Crippen MR) is 78.4 cm³/mol. The van der Waals surface area contributed by atoms with Crippen molar-refractivity contribution in [2.24, 2.45) is 0 Å². The monoisotopic (exact) mass is 262 g/mol. The molecule has 1 aromatic heterocycles. The lowest BCUT2D eigenvalue weighted by molar-refractivity contribution is -0.00727. The molecule has 0 saturated carbocycles. The van der Waals surface area contributed by atoms with E-state index in [-0.39, 0.29) is 0 Å². The summed E-state index contributed by atoms with van der Waals surface area (Å²) in [7, 11) is 0. The van der Waals surface area contributed by atoms with Gasteiger partial charge in [0.05, 0.1) is 6.10 Å². The summed E-state index contributed by atoms with van der Waals surface area (Å²) in [6, 6.07) is 4.74. The summed E-state index contributed by atoms with van der Waals surface area (Å²) in [6.45, 7) is 6.21. The van der Waals surface area contributed by atoms with Crippen LogP contribution in [0.1, 0.15) is 44.4 Å². The average molecular weight is 262 g/mol. The third-order valence-electron chi connectivity index (χ3n) is 3.85. The van der Waals surface area contributed by atoms with Gasteiger partial charge in [0.15, 0.2) is 0 Å². The Morgan fingerprint density at radius 1 is 1.37 bits per heavy atom. The third kappa shape index (κ3) is 4.29. The van der Waals surface area contributed by atoms with E-state index in [0.29, 0.717) is 12.1 Å². The van der Waals surface area contributed by atoms with Crippen LogP contribution in [0.2, 0.25) is 0 Å². The molecule has 1 aliphatic heterocycles. The van der Waals surface area contributed by atoms with Gasteiger partial charge >= 0.3 is 0 Å². The van der Waals surface area contributed by atoms with Crippen molar-refractivity contribution >= 4 is 0 Å². The molecule has 3 nitrogen and oxygen atoms in total. The fraction of sp³-hybridized carbons (Fsp3) is 0.688. The smallest absolute Gasteiger partial charge is 0.0731 e. The van der Waals surface area contributed by atoms with Gasteiger partial charge in [0.1, 0.15) is 0 Å². The second-order valence-electron chi connectivity index (χ2n) is 5.28. The van der Waals surface area contributed by atoms with Gasteiger partial charge in [0, 0.05) is 31.0 Å². The summed E-state index contributed by atoms with van der Waals surface area (Å²) in [5, 5.41) is 3.56. The van der Waals surface area contributed by atoms with Crippen LogP contribution >= 0.6 is 0 Å². The second kappa shape index (κ2) is 7.61. The average Bonchev–Trinajstić information content (AvgIpc) is 2.48. The molecule has 0 aromatic carbocycles. The number of aromatic nitrogens is 1. The van der Waals surface area contributed by atoms with Crippen LogP contribution in [0.3, 0.4) is 0 Å². The van der Waals surface area contributed by atoms with Gasteiger partial charge in [-0.05, 0) is 43.9 Å². The van der Waals surface area contributed by atoms with E-state index in [9.17, 15) is 0 Å². The van der Waals surface area contributed by atoms with Crippen LogP contribution in [0, 0.1) is 0 Å². The van der Waals surface area contributed by atoms with Crippen molar-refractivity contribution in [2.45, 2.75) is 58.1 Å². The number of likely N-dealkylation sites (N-methyl/N-ethyl adjacent to an activating group) is 1. The van der Waals surface area contributed by atoms with E-state index in [1.54, 1.807) is 0 Å². The molecule has 19 heavy (non-hydrogen) atoms. The maximum Gasteiger partial charge on any atom is 0.0731 e. The number of hydrogen-bond acceptors (Lipinski definition) is 3. The molecule has 1 aliphatic rings. The van der Waals surface area contributed by atoms with Crippen molar-refractivity contribution in [1.82, 2.24) is 10.3 Å². The molecule has 2 unspecified atom stereocenters. The minimum atomic E-state index is 0.348. The van der Waals surface area contributed by atoms with Gasteiger partial charge < -0.3 is 10.1 Å². The molecule has 0 aliphatic carbocycles. The molecular weight excluding hydrogens is 236 g/mol. The quantitative estimate of drug-likeness (QED) is 0.856. The SMILES string of the molecule is CCNC(Cc1ccc(CC)cn1)C1CCCCO1. The molecule has 2 heterocycles. The van der Waals surface area contributed by atoms with Crippen molar-refractivity contribution in [1.29, 1.82) is 0 Å². The second-order valence-corrected chi connectivity index (χ2v) is 5.28. The molecule has 1 N–H and O–H groups in total. The number of ether oxygens (including phenoxy) is 1. The minimum absolute atomic E-state index is 0.348. The van der Waals surface area contributed by atoms with E-state index in [1.807, 2.05) is 6.20 Å². The largest absolute Gasteiger partial charge is 0.377 e. The Bertz CT molecular complexity index is 358. The van der Waals surface area contributed by atoms with Gasteiger partial charge in [0.2, 0.25) is 0 Å². The highest BCUT2D eigenvalue weighted by atomic mass is 16.5. The van der Waals surface area contributed by atoms with Crippen LogP contribution in [0.15, 0.2) is 18.3 Å². The van der Waals surface area contributed by atoms with Crippen molar-refractivity contribution < 1.29 is 4.74 Å². The molecular formula is C16H26N2O. The Balaban J connectivity index is 1.97. The van der Waals surface area contributed by atoms with Crippen molar-refractivity contribution in [2.75, 3.05) is 13.2 Å². The fourth-order valence-electron chi connectivity index (χ4n) is 2.69. The number of hydrogen-bond donors (Lipinski definition) is 1. The van der Waals surface area contributed by atoms with E-state index in [2.05, 4.69) is 36.3 Å². The van der Waals surface area contributed by atoms with Crippen LogP contribution in [-0.2, 0) is 17.6 Å². The van der Waals surface area contributed by atoms with Crippen molar-refractivity contribution in [3.8, 4) is 0 Å². The van der Waals surface area contributed by atoms with E-state index < -0.39 is 0 Å². The topological polar surface area (TPSA) is 34.2 Å². The maximum atomic E-state index is 5.92. The first-order valence-electron chi connectivity index (χ1n) is 7.62. The van der Waals surface area contributed by atoms with E-state index in [1.165, 1.54) is 24.8 Å². The maximum absolute atomic E-state index is 5.92. The first-order chi connectivity index (χ1) is 9.33. The number of rotatable bonds is 6. The van der Waals surface area contributed by atoms with Crippen LogP contribution < -0.4 is 5.32 Å². The van der Waals surface area contributed by atoms with E-state index >= 15 is 0 Å². The molecule has 106 valence electrons. The summed E-state index contributed by atoms with van der Waals surface area (Å²) in [4.78, 5) is 4.57. The molecule has 2 atom stereocenters. The lowest BCUT2D eigenvalue weighted by atomic mass is 9.97. The van der Waals surface area contributed by atoms with Crippen molar-refractivity contribution in [3.63, 3.8) is 0 Å². The molecule has 0 spiro atoms. The Kier molecular flexibility index (Phi) is 5.80. The summed E-state index contributed by atoms with van der Waals surface area (Å²) in [6.07, 6.45) is 8.03. The molecule has 1 saturated heterocycles. The molecule has 0 radical (unpaired) electrons. The Labute approximate surface area is 116 Å². The van der Waals surface area contributed by atoms with Gasteiger partial charge in [-0.15, -0.1) is 0 Å². The molecule has 2 rings (SSSR count). The zero-order valence-corrected chi connectivity index (χ0v) is 12.2. The summed E-state index contributed by atoms with van der Waals surface area (Å²) < 4.78 is 5.92. The molecule has 0 amide bonds. The Hall–Kier alpha value is -0.930. The van der Waals surface area contributed by atoms with Crippen LogP contribution in [0.25, 0.3) is 0 Å². The summed E-state index contributed by atoms with van der Waals surface area (Å²) >= 11 is 0. The highest BCUT2D eigenvalue weighted by molar-refractivity contribution is 5.15. The Morgan fingerprint density at radius 2 is 2.26 bits per heavy atom. The van der Waals surface area contributed by atoms with Crippen molar-refractivity contribution in [3.05, 3.63) is 29.6 Å². The number of nitrogens with zero attached hydrogens (tertiary/aromatic N) is 1. The molecule has 0 bridgehead atoms. The lowest BCUT2D eigenvalue weighted by Gasteiger charge is -2.31. The summed E-state index contributed by atoms with van der Waals surface area (Å²) in [5.74, 6) is 0. The van der Waals surface area contributed by atoms with E-state index in [0.717, 1.165) is 31.7 Å². The zero-order valence-electron chi connectivity index (χ0n) is 12.2. The normalized spacial score (nSPS) is 21.3. The lowest BCUT2D eigenvalue weighted by Crippen LogP contribution is -2.44. The van der Waals surface area contributed by atoms with Gasteiger partial charge in [0.25, 0.3) is 0 Å². The fourth-order valence-corrected chi connectivity index (χ4v) is 2.69. The summed E-state index contributed by atoms with van der Waals surface area (Å²) in [5.41, 5.74) is 2.47. The first kappa shape index (κ1) is 14.5. The number of pyridine rings is 1. The minimum Gasteiger partial charge on any atom is -0.377 e. The molecule has 3 heteroatoms. The van der Waals surface area contributed by atoms with Crippen LogP contribution in [0.5, 0.6) is 0 Å². The Morgan fingerprint density at radius 3 is 2.84 bits per heavy atom. The number of aryl methyl sites for hydroxylation is 1. The predicted octanol–water partition coefficient (Wildman–Crippen LogP) is 2.73. The standard InChI is InChI=1S/C16H26N2O/c1-3-13-8-9-14(18-12-13)11-15(17-4-2)16-7-5-6-10-19-16/h8-9,12,15-17H,3-7,10-11H2,1-2H3. The van der Waals surface area contributed by atoms with Gasteiger partial charge in [-0.25, -0.2) is 0 Å². The van der Waals surface area contributed by atoms with E-state index in [4.69, 9.17) is 4.74 Å². The highest BCUT2D eigenvalue weighted by Crippen LogP contribution is 2.18. The van der Waals surface area contributed by atoms with Gasteiger partial charge in [-0.3, -0.25) is 4.98 Å². The first-order valence-corrected chi connectivity index (χ1v) is 7.62. The molecule has 1 aromatic rings. The highest BCUT2D eigenvalue weighted by Gasteiger charge is 2.24. The van der Waals surface area contributed by atoms with Gasteiger partial charge in [-0.1, -0.05) is 19.9 Å². The molecule has 1 fully saturated rings. The van der Waals surface area contributed by atoms with Crippen LogP contribution in [0.4, 0.5) is 0 Å². The third-order valence-corrected chi connectivity index (χ3v) is 3.85. The van der Waals surface area contributed by atoms with Gasteiger partial charge in [-0.2, -0.15) is 0 Å². The number of nitrogens with one attached hydrogen (secondary N) is 1. The van der Waals surface area contributed by atoms with Crippen LogP contribution in [-0.4, -0.2) is 30.3 Å². The zero-order chi connectivity index (χ0) is 13.5.